The summed E-state index contributed by atoms with van der Waals surface area (Å²) in [5.41, 5.74) is 7.21. The van der Waals surface area contributed by atoms with Crippen LogP contribution in [0.3, 0.4) is 0 Å². The highest BCUT2D eigenvalue weighted by molar-refractivity contribution is 7.91. The number of rotatable bonds is 1. The number of hydrogen-bond acceptors (Lipinski definition) is 4. The van der Waals surface area contributed by atoms with Gasteiger partial charge in [0.1, 0.15) is 0 Å². The van der Waals surface area contributed by atoms with Gasteiger partial charge in [-0.3, -0.25) is 0 Å². The van der Waals surface area contributed by atoms with E-state index in [2.05, 4.69) is 5.32 Å². The molecule has 0 bridgehead atoms. The maximum absolute atomic E-state index is 11.9. The molecule has 1 heterocycles. The van der Waals surface area contributed by atoms with Gasteiger partial charge in [-0.2, -0.15) is 0 Å². The average molecular weight is 226 g/mol. The summed E-state index contributed by atoms with van der Waals surface area (Å²) in [6.07, 6.45) is 0. The molecule has 15 heavy (non-hydrogen) atoms. The van der Waals surface area contributed by atoms with Gasteiger partial charge in [0, 0.05) is 6.54 Å². The molecule has 2 rings (SSSR count). The normalized spacial score (nSPS) is 22.9. The topological polar surface area (TPSA) is 72.2 Å². The number of benzene rings is 1. The average Bonchev–Trinajstić information content (AvgIpc) is 2.15. The van der Waals surface area contributed by atoms with E-state index in [9.17, 15) is 8.42 Å². The molecule has 0 saturated heterocycles. The van der Waals surface area contributed by atoms with E-state index in [-0.39, 0.29) is 11.8 Å². The summed E-state index contributed by atoms with van der Waals surface area (Å²) < 4.78 is 23.7. The lowest BCUT2D eigenvalue weighted by Gasteiger charge is -2.26. The second-order valence-corrected chi connectivity index (χ2v) is 5.86. The van der Waals surface area contributed by atoms with E-state index in [1.54, 1.807) is 12.1 Å². The molecule has 1 aliphatic rings. The van der Waals surface area contributed by atoms with Gasteiger partial charge in [0.25, 0.3) is 0 Å². The molecule has 1 atom stereocenters. The third-order valence-corrected chi connectivity index (χ3v) is 4.40. The minimum atomic E-state index is -3.16. The molecular formula is C10H14N2O2S. The van der Waals surface area contributed by atoms with Gasteiger partial charge in [-0.1, -0.05) is 6.07 Å². The maximum atomic E-state index is 11.9. The number of fused-ring (bicyclic) bond motifs is 1. The Hall–Kier alpha value is -1.07. The standard InChI is InChI=1S/C10H14N2O2S/c1-7-2-3-10-9(4-7)12-8(5-11)6-15(10,13)14/h2-4,8,12H,5-6,11H2,1H3. The first-order valence-electron chi connectivity index (χ1n) is 4.83. The van der Waals surface area contributed by atoms with Crippen LogP contribution in [0.2, 0.25) is 0 Å². The quantitative estimate of drug-likeness (QED) is 0.732. The van der Waals surface area contributed by atoms with Crippen molar-refractivity contribution >= 4 is 15.5 Å². The number of nitrogens with one attached hydrogen (secondary N) is 1. The molecule has 0 saturated carbocycles. The van der Waals surface area contributed by atoms with Gasteiger partial charge < -0.3 is 11.1 Å². The summed E-state index contributed by atoms with van der Waals surface area (Å²) >= 11 is 0. The Balaban J connectivity index is 2.55. The van der Waals surface area contributed by atoms with E-state index in [1.807, 2.05) is 13.0 Å². The van der Waals surface area contributed by atoms with Crippen LogP contribution in [0.5, 0.6) is 0 Å². The fourth-order valence-corrected chi connectivity index (χ4v) is 3.43. The van der Waals surface area contributed by atoms with Crippen molar-refractivity contribution in [2.75, 3.05) is 17.6 Å². The third kappa shape index (κ3) is 1.85. The Morgan fingerprint density at radius 1 is 1.53 bits per heavy atom. The smallest absolute Gasteiger partial charge is 0.182 e. The van der Waals surface area contributed by atoms with Gasteiger partial charge in [0.05, 0.1) is 22.4 Å². The molecule has 4 nitrogen and oxygen atoms in total. The summed E-state index contributed by atoms with van der Waals surface area (Å²) in [5.74, 6) is 0.0829. The number of hydrogen-bond donors (Lipinski definition) is 2. The first-order valence-corrected chi connectivity index (χ1v) is 6.48. The van der Waals surface area contributed by atoms with Crippen molar-refractivity contribution in [2.24, 2.45) is 5.73 Å². The Kier molecular flexibility index (Phi) is 2.44. The van der Waals surface area contributed by atoms with E-state index in [4.69, 9.17) is 5.73 Å². The molecule has 0 fully saturated rings. The second-order valence-electron chi connectivity index (χ2n) is 3.86. The first kappa shape index (κ1) is 10.4. The highest BCUT2D eigenvalue weighted by Crippen LogP contribution is 2.28. The second kappa shape index (κ2) is 3.50. The maximum Gasteiger partial charge on any atom is 0.182 e. The molecule has 1 aromatic rings. The monoisotopic (exact) mass is 226 g/mol. The highest BCUT2D eigenvalue weighted by atomic mass is 32.2. The van der Waals surface area contributed by atoms with Crippen LogP contribution in [-0.2, 0) is 9.84 Å². The molecule has 82 valence electrons. The van der Waals surface area contributed by atoms with Crippen LogP contribution in [0.1, 0.15) is 5.56 Å². The van der Waals surface area contributed by atoms with Crippen molar-refractivity contribution in [1.29, 1.82) is 0 Å². The van der Waals surface area contributed by atoms with Gasteiger partial charge in [-0.05, 0) is 24.6 Å². The molecule has 0 aromatic heterocycles. The van der Waals surface area contributed by atoms with Crippen LogP contribution in [0.15, 0.2) is 23.1 Å². The van der Waals surface area contributed by atoms with Crippen LogP contribution in [0, 0.1) is 6.92 Å². The summed E-state index contributed by atoms with van der Waals surface area (Å²) in [7, 11) is -3.16. The minimum absolute atomic E-state index is 0.0829. The zero-order valence-electron chi connectivity index (χ0n) is 8.53. The van der Waals surface area contributed by atoms with Crippen LogP contribution in [0.25, 0.3) is 0 Å². The molecule has 1 aromatic carbocycles. The zero-order valence-corrected chi connectivity index (χ0v) is 9.34. The van der Waals surface area contributed by atoms with Gasteiger partial charge in [0.15, 0.2) is 9.84 Å². The summed E-state index contributed by atoms with van der Waals surface area (Å²) in [5, 5.41) is 3.14. The van der Waals surface area contributed by atoms with Crippen LogP contribution in [0.4, 0.5) is 5.69 Å². The van der Waals surface area contributed by atoms with Crippen LogP contribution >= 0.6 is 0 Å². The third-order valence-electron chi connectivity index (χ3n) is 2.53. The fraction of sp³-hybridized carbons (Fsp3) is 0.400. The molecule has 5 heteroatoms. The number of nitrogens with two attached hydrogens (primary N) is 1. The van der Waals surface area contributed by atoms with Crippen molar-refractivity contribution in [3.63, 3.8) is 0 Å². The molecule has 0 amide bonds. The Labute approximate surface area is 89.4 Å². The lowest BCUT2D eigenvalue weighted by Crippen LogP contribution is -2.39. The molecule has 1 unspecified atom stereocenters. The number of anilines is 1. The van der Waals surface area contributed by atoms with Gasteiger partial charge in [0.2, 0.25) is 0 Å². The van der Waals surface area contributed by atoms with Crippen molar-refractivity contribution in [1.82, 2.24) is 0 Å². The zero-order chi connectivity index (χ0) is 11.1. The van der Waals surface area contributed by atoms with Crippen LogP contribution in [-0.4, -0.2) is 26.8 Å². The van der Waals surface area contributed by atoms with E-state index < -0.39 is 9.84 Å². The molecule has 0 aliphatic carbocycles. The van der Waals surface area contributed by atoms with E-state index in [1.165, 1.54) is 0 Å². The predicted octanol–water partition coefficient (Wildman–Crippen LogP) is 0.522. The number of sulfone groups is 1. The molecular weight excluding hydrogens is 212 g/mol. The molecule has 0 radical (unpaired) electrons. The van der Waals surface area contributed by atoms with Crippen molar-refractivity contribution in [2.45, 2.75) is 17.9 Å². The van der Waals surface area contributed by atoms with Gasteiger partial charge in [-0.15, -0.1) is 0 Å². The van der Waals surface area contributed by atoms with E-state index >= 15 is 0 Å². The lowest BCUT2D eigenvalue weighted by molar-refractivity contribution is 0.586. The Morgan fingerprint density at radius 3 is 2.93 bits per heavy atom. The van der Waals surface area contributed by atoms with Crippen molar-refractivity contribution < 1.29 is 8.42 Å². The predicted molar refractivity (Wildman–Crippen MR) is 59.7 cm³/mol. The lowest BCUT2D eigenvalue weighted by atomic mass is 10.2. The van der Waals surface area contributed by atoms with Crippen molar-refractivity contribution in [3.05, 3.63) is 23.8 Å². The molecule has 3 N–H and O–H groups in total. The largest absolute Gasteiger partial charge is 0.379 e. The highest BCUT2D eigenvalue weighted by Gasteiger charge is 2.28. The Bertz CT molecular complexity index is 482. The number of aryl methyl sites for hydroxylation is 1. The summed E-state index contributed by atoms with van der Waals surface area (Å²) in [6, 6.07) is 5.12. The first-order chi connectivity index (χ1) is 7.03. The van der Waals surface area contributed by atoms with Gasteiger partial charge in [-0.25, -0.2) is 8.42 Å². The molecule has 0 spiro atoms. The summed E-state index contributed by atoms with van der Waals surface area (Å²) in [4.78, 5) is 0.387. The minimum Gasteiger partial charge on any atom is -0.379 e. The SMILES string of the molecule is Cc1ccc2c(c1)NC(CN)CS2(=O)=O. The Morgan fingerprint density at radius 2 is 2.27 bits per heavy atom. The molecule has 1 aliphatic heterocycles. The van der Waals surface area contributed by atoms with E-state index in [0.29, 0.717) is 17.1 Å². The van der Waals surface area contributed by atoms with Gasteiger partial charge >= 0.3 is 0 Å². The van der Waals surface area contributed by atoms with Crippen molar-refractivity contribution in [3.8, 4) is 0 Å². The summed E-state index contributed by atoms with van der Waals surface area (Å²) in [6.45, 7) is 2.26. The van der Waals surface area contributed by atoms with E-state index in [0.717, 1.165) is 5.56 Å². The fourth-order valence-electron chi connectivity index (χ4n) is 1.77. The van der Waals surface area contributed by atoms with Crippen LogP contribution < -0.4 is 11.1 Å².